The lowest BCUT2D eigenvalue weighted by Gasteiger charge is -2.31. The zero-order valence-electron chi connectivity index (χ0n) is 34.4. The maximum atomic E-state index is 6.93. The molecule has 10 aromatic carbocycles. The summed E-state index contributed by atoms with van der Waals surface area (Å²) in [6.07, 6.45) is 0. The Morgan fingerprint density at radius 2 is 0.810 bits per heavy atom. The predicted molar refractivity (Wildman–Crippen MR) is 261 cm³/mol. The van der Waals surface area contributed by atoms with Crippen LogP contribution in [0.5, 0.6) is 0 Å². The van der Waals surface area contributed by atoms with Gasteiger partial charge in [0, 0.05) is 33.3 Å². The van der Waals surface area contributed by atoms with E-state index in [2.05, 4.69) is 241 Å². The van der Waals surface area contributed by atoms with Gasteiger partial charge in [-0.2, -0.15) is 0 Å². The Balaban J connectivity index is 1.08. The van der Waals surface area contributed by atoms with Crippen molar-refractivity contribution in [2.75, 3.05) is 4.90 Å². The van der Waals surface area contributed by atoms with Gasteiger partial charge >= 0.3 is 0 Å². The standard InChI is InChI=1S/C61H39NO/c1-3-17-40(18-4-1)41-31-34-44(35-32-41)62(58-29-15-10-21-46(58)42-19-5-2-6-20-42)45-38-52(60-53(39-45)51-25-11-16-30-59(51)63-60)43-33-36-50-49-24-9-14-28-56(49)61(57(50)37-43)54-26-12-7-22-47(54)48-23-8-13-27-55(48)61/h1-39H. The predicted octanol–water partition coefficient (Wildman–Crippen LogP) is 16.4. The Hall–Kier alpha value is -8.20. The minimum atomic E-state index is -0.457. The fourth-order valence-corrected chi connectivity index (χ4v) is 10.8. The quantitative estimate of drug-likeness (QED) is 0.167. The molecule has 0 aliphatic heterocycles. The highest BCUT2D eigenvalue weighted by Gasteiger charge is 2.51. The fourth-order valence-electron chi connectivity index (χ4n) is 10.8. The van der Waals surface area contributed by atoms with Gasteiger partial charge in [0.15, 0.2) is 0 Å². The topological polar surface area (TPSA) is 16.4 Å². The number of nitrogens with zero attached hydrogens (tertiary/aromatic N) is 1. The Bertz CT molecular complexity index is 3500. The normalized spacial score (nSPS) is 12.9. The van der Waals surface area contributed by atoms with Crippen LogP contribution in [0.15, 0.2) is 241 Å². The number of hydrogen-bond acceptors (Lipinski definition) is 2. The molecular formula is C61H39NO. The van der Waals surface area contributed by atoms with Crippen LogP contribution in [0, 0.1) is 0 Å². The maximum absolute atomic E-state index is 6.93. The second-order valence-corrected chi connectivity index (χ2v) is 16.7. The Morgan fingerprint density at radius 1 is 0.302 bits per heavy atom. The highest BCUT2D eigenvalue weighted by molar-refractivity contribution is 6.12. The maximum Gasteiger partial charge on any atom is 0.143 e. The highest BCUT2D eigenvalue weighted by atomic mass is 16.3. The molecule has 1 heterocycles. The second-order valence-electron chi connectivity index (χ2n) is 16.7. The molecule has 0 saturated heterocycles. The second kappa shape index (κ2) is 13.9. The van der Waals surface area contributed by atoms with Crippen molar-refractivity contribution in [1.29, 1.82) is 0 Å². The van der Waals surface area contributed by atoms with Crippen LogP contribution in [-0.2, 0) is 5.41 Å². The molecule has 0 N–H and O–H groups in total. The summed E-state index contributed by atoms with van der Waals surface area (Å²) in [5, 5.41) is 2.17. The summed E-state index contributed by atoms with van der Waals surface area (Å²) in [6, 6.07) is 86.4. The van der Waals surface area contributed by atoms with Gasteiger partial charge in [-0.15, -0.1) is 0 Å². The number of para-hydroxylation sites is 2. The van der Waals surface area contributed by atoms with Crippen molar-refractivity contribution < 1.29 is 4.42 Å². The molecule has 2 nitrogen and oxygen atoms in total. The molecule has 11 aromatic rings. The van der Waals surface area contributed by atoms with Crippen LogP contribution < -0.4 is 4.90 Å². The van der Waals surface area contributed by atoms with Gasteiger partial charge in [0.1, 0.15) is 11.2 Å². The number of hydrogen-bond donors (Lipinski definition) is 0. The van der Waals surface area contributed by atoms with E-state index < -0.39 is 5.41 Å². The molecule has 0 amide bonds. The molecular weight excluding hydrogens is 763 g/mol. The molecule has 0 bridgehead atoms. The number of furan rings is 1. The molecule has 294 valence electrons. The third-order valence-electron chi connectivity index (χ3n) is 13.5. The van der Waals surface area contributed by atoms with Gasteiger partial charge in [0.05, 0.1) is 11.1 Å². The summed E-state index contributed by atoms with van der Waals surface area (Å²) in [6.45, 7) is 0. The highest BCUT2D eigenvalue weighted by Crippen LogP contribution is 2.63. The van der Waals surface area contributed by atoms with Gasteiger partial charge in [0.25, 0.3) is 0 Å². The molecule has 0 unspecified atom stereocenters. The van der Waals surface area contributed by atoms with Crippen molar-refractivity contribution in [1.82, 2.24) is 0 Å². The lowest BCUT2D eigenvalue weighted by Crippen LogP contribution is -2.25. The SMILES string of the molecule is c1ccc(-c2ccc(N(c3cc(-c4ccc5c(c4)C4(c6ccccc6-c6ccccc64)c4ccccc4-5)c4oc5ccccc5c4c3)c3ccccc3-c3ccccc3)cc2)cc1. The summed E-state index contributed by atoms with van der Waals surface area (Å²) in [5.41, 5.74) is 21.8. The molecule has 13 rings (SSSR count). The number of benzene rings is 10. The van der Waals surface area contributed by atoms with Crippen LogP contribution in [0.1, 0.15) is 22.3 Å². The average Bonchev–Trinajstić information content (AvgIpc) is 3.99. The molecule has 0 radical (unpaired) electrons. The zero-order valence-corrected chi connectivity index (χ0v) is 34.4. The van der Waals surface area contributed by atoms with Crippen molar-refractivity contribution in [2.24, 2.45) is 0 Å². The number of rotatable bonds is 6. The van der Waals surface area contributed by atoms with Crippen molar-refractivity contribution >= 4 is 39.0 Å². The van der Waals surface area contributed by atoms with Crippen molar-refractivity contribution in [3.63, 3.8) is 0 Å². The van der Waals surface area contributed by atoms with E-state index in [4.69, 9.17) is 4.42 Å². The first-order valence-electron chi connectivity index (χ1n) is 21.8. The number of anilines is 3. The first-order valence-corrected chi connectivity index (χ1v) is 21.8. The van der Waals surface area contributed by atoms with E-state index in [9.17, 15) is 0 Å². The summed E-state index contributed by atoms with van der Waals surface area (Å²) < 4.78 is 6.93. The number of fused-ring (bicyclic) bond motifs is 13. The lowest BCUT2D eigenvalue weighted by atomic mass is 9.70. The van der Waals surface area contributed by atoms with Crippen LogP contribution in [0.2, 0.25) is 0 Å². The molecule has 63 heavy (non-hydrogen) atoms. The molecule has 2 heteroatoms. The minimum absolute atomic E-state index is 0.457. The average molecular weight is 802 g/mol. The van der Waals surface area contributed by atoms with E-state index >= 15 is 0 Å². The molecule has 2 aliphatic carbocycles. The largest absolute Gasteiger partial charge is 0.455 e. The van der Waals surface area contributed by atoms with E-state index in [-0.39, 0.29) is 0 Å². The van der Waals surface area contributed by atoms with E-state index in [0.29, 0.717) is 0 Å². The molecule has 0 saturated carbocycles. The fraction of sp³-hybridized carbons (Fsp3) is 0.0164. The molecule has 0 fully saturated rings. The molecule has 1 spiro atoms. The first-order chi connectivity index (χ1) is 31.3. The van der Waals surface area contributed by atoms with Crippen LogP contribution in [0.4, 0.5) is 17.1 Å². The van der Waals surface area contributed by atoms with Crippen LogP contribution >= 0.6 is 0 Å². The van der Waals surface area contributed by atoms with Crippen molar-refractivity contribution in [2.45, 2.75) is 5.41 Å². The molecule has 0 atom stereocenters. The molecule has 2 aliphatic rings. The van der Waals surface area contributed by atoms with Gasteiger partial charge in [0.2, 0.25) is 0 Å². The summed E-state index contributed by atoms with van der Waals surface area (Å²) in [4.78, 5) is 2.43. The lowest BCUT2D eigenvalue weighted by molar-refractivity contribution is 0.670. The van der Waals surface area contributed by atoms with Crippen molar-refractivity contribution in [3.05, 3.63) is 259 Å². The van der Waals surface area contributed by atoms with Gasteiger partial charge < -0.3 is 9.32 Å². The van der Waals surface area contributed by atoms with Crippen LogP contribution in [0.3, 0.4) is 0 Å². The summed E-state index contributed by atoms with van der Waals surface area (Å²) >= 11 is 0. The smallest absolute Gasteiger partial charge is 0.143 e. The van der Waals surface area contributed by atoms with E-state index in [0.717, 1.165) is 61.3 Å². The minimum Gasteiger partial charge on any atom is -0.455 e. The van der Waals surface area contributed by atoms with Gasteiger partial charge in [-0.3, -0.25) is 0 Å². The van der Waals surface area contributed by atoms with Gasteiger partial charge in [-0.05, 0) is 109 Å². The van der Waals surface area contributed by atoms with Crippen molar-refractivity contribution in [3.8, 4) is 55.6 Å². The van der Waals surface area contributed by atoms with Gasteiger partial charge in [-0.1, -0.05) is 194 Å². The summed E-state index contributed by atoms with van der Waals surface area (Å²) in [5.74, 6) is 0. The Morgan fingerprint density at radius 3 is 1.48 bits per heavy atom. The van der Waals surface area contributed by atoms with E-state index in [1.165, 1.54) is 55.6 Å². The molecule has 1 aromatic heterocycles. The Kier molecular flexibility index (Phi) is 7.85. The third-order valence-corrected chi connectivity index (χ3v) is 13.5. The van der Waals surface area contributed by atoms with Crippen LogP contribution in [0.25, 0.3) is 77.6 Å². The third kappa shape index (κ3) is 5.25. The first kappa shape index (κ1) is 35.5. The van der Waals surface area contributed by atoms with E-state index in [1.807, 2.05) is 0 Å². The van der Waals surface area contributed by atoms with Gasteiger partial charge in [-0.25, -0.2) is 0 Å². The monoisotopic (exact) mass is 801 g/mol. The summed E-state index contributed by atoms with van der Waals surface area (Å²) in [7, 11) is 0. The Labute approximate surface area is 366 Å². The van der Waals surface area contributed by atoms with Crippen LogP contribution in [-0.4, -0.2) is 0 Å². The van der Waals surface area contributed by atoms with E-state index in [1.54, 1.807) is 0 Å². The zero-order chi connectivity index (χ0) is 41.5.